The minimum Gasteiger partial charge on any atom is -0.481 e. The molecule has 0 saturated heterocycles. The topological polar surface area (TPSA) is 37.3 Å². The molecule has 2 nitrogen and oxygen atoms in total. The van der Waals surface area contributed by atoms with E-state index in [0.29, 0.717) is 25.7 Å². The van der Waals surface area contributed by atoms with Gasteiger partial charge >= 0.3 is 5.97 Å². The molecule has 1 N–H and O–H groups in total. The Bertz CT molecular complexity index is 353. The van der Waals surface area contributed by atoms with Gasteiger partial charge in [0.2, 0.25) is 0 Å². The number of carboxylic acid groups (broad SMARTS) is 1. The molecule has 18 heavy (non-hydrogen) atoms. The van der Waals surface area contributed by atoms with Crippen molar-refractivity contribution in [3.05, 3.63) is 0 Å². The molecule has 0 bridgehead atoms. The molecule has 3 rings (SSSR count). The molecular formula is C14H20F2O2. The van der Waals surface area contributed by atoms with Crippen LogP contribution in [0, 0.1) is 23.2 Å². The third kappa shape index (κ3) is 1.53. The van der Waals surface area contributed by atoms with Gasteiger partial charge in [-0.3, -0.25) is 4.79 Å². The lowest BCUT2D eigenvalue weighted by atomic mass is 9.76. The third-order valence-electron chi connectivity index (χ3n) is 5.66. The fraction of sp³-hybridized carbons (Fsp3) is 0.929. The zero-order chi connectivity index (χ0) is 13.0. The second-order valence-corrected chi connectivity index (χ2v) is 6.41. The summed E-state index contributed by atoms with van der Waals surface area (Å²) in [4.78, 5) is 10.9. The number of hydrogen-bond acceptors (Lipinski definition) is 1. The molecule has 0 aromatic rings. The molecule has 3 aliphatic carbocycles. The van der Waals surface area contributed by atoms with Gasteiger partial charge in [0.15, 0.2) is 0 Å². The van der Waals surface area contributed by atoms with Crippen LogP contribution in [0.25, 0.3) is 0 Å². The number of hydrogen-bond donors (Lipinski definition) is 1. The van der Waals surface area contributed by atoms with E-state index in [1.807, 2.05) is 0 Å². The second kappa shape index (κ2) is 3.91. The summed E-state index contributed by atoms with van der Waals surface area (Å²) in [6.07, 6.45) is 5.78. The first-order valence-electron chi connectivity index (χ1n) is 7.10. The van der Waals surface area contributed by atoms with E-state index < -0.39 is 29.1 Å². The molecule has 0 amide bonds. The Morgan fingerprint density at radius 1 is 1.06 bits per heavy atom. The van der Waals surface area contributed by atoms with E-state index in [1.54, 1.807) is 0 Å². The summed E-state index contributed by atoms with van der Waals surface area (Å²) < 4.78 is 28.3. The fourth-order valence-electron chi connectivity index (χ4n) is 4.60. The number of aliphatic carboxylic acids is 1. The lowest BCUT2D eigenvalue weighted by molar-refractivity contribution is -0.143. The van der Waals surface area contributed by atoms with Crippen molar-refractivity contribution in [1.82, 2.24) is 0 Å². The summed E-state index contributed by atoms with van der Waals surface area (Å²) in [5.41, 5.74) is -0.825. The molecule has 0 aromatic carbocycles. The molecular weight excluding hydrogens is 238 g/mol. The third-order valence-corrected chi connectivity index (χ3v) is 5.66. The smallest absolute Gasteiger partial charge is 0.306 e. The van der Waals surface area contributed by atoms with Gasteiger partial charge in [0.05, 0.1) is 5.92 Å². The van der Waals surface area contributed by atoms with Crippen molar-refractivity contribution in [2.75, 3.05) is 0 Å². The maximum atomic E-state index is 14.2. The highest BCUT2D eigenvalue weighted by atomic mass is 19.3. The second-order valence-electron chi connectivity index (χ2n) is 6.41. The first-order valence-corrected chi connectivity index (χ1v) is 7.10. The highest BCUT2D eigenvalue weighted by Gasteiger charge is 2.81. The number of halogens is 2. The first-order chi connectivity index (χ1) is 8.49. The lowest BCUT2D eigenvalue weighted by Gasteiger charge is -2.27. The van der Waals surface area contributed by atoms with Gasteiger partial charge in [-0.15, -0.1) is 0 Å². The van der Waals surface area contributed by atoms with E-state index in [9.17, 15) is 13.6 Å². The van der Waals surface area contributed by atoms with Crippen molar-refractivity contribution in [2.24, 2.45) is 23.2 Å². The van der Waals surface area contributed by atoms with E-state index in [2.05, 4.69) is 0 Å². The van der Waals surface area contributed by atoms with E-state index in [4.69, 9.17) is 5.11 Å². The van der Waals surface area contributed by atoms with E-state index >= 15 is 0 Å². The maximum Gasteiger partial charge on any atom is 0.306 e. The first kappa shape index (κ1) is 12.4. The van der Waals surface area contributed by atoms with Gasteiger partial charge in [0, 0.05) is 11.3 Å². The lowest BCUT2D eigenvalue weighted by Crippen LogP contribution is -2.25. The zero-order valence-corrected chi connectivity index (χ0v) is 10.5. The quantitative estimate of drug-likeness (QED) is 0.820. The van der Waals surface area contributed by atoms with Gasteiger partial charge < -0.3 is 5.11 Å². The largest absolute Gasteiger partial charge is 0.481 e. The van der Waals surface area contributed by atoms with Gasteiger partial charge in [-0.05, 0) is 44.4 Å². The standard InChI is InChI=1S/C14H20F2O2/c15-14(16)11(9-3-1-2-4-9)13(14)7-5-10(6-8-13)12(17)18/h9-11H,1-8H2,(H,17,18). The maximum absolute atomic E-state index is 14.2. The van der Waals surface area contributed by atoms with Crippen LogP contribution in [0.5, 0.6) is 0 Å². The summed E-state index contributed by atoms with van der Waals surface area (Å²) in [7, 11) is 0. The van der Waals surface area contributed by atoms with Crippen LogP contribution in [-0.4, -0.2) is 17.0 Å². The summed E-state index contributed by atoms with van der Waals surface area (Å²) in [6, 6.07) is 0. The summed E-state index contributed by atoms with van der Waals surface area (Å²) >= 11 is 0. The molecule has 3 fully saturated rings. The predicted molar refractivity (Wildman–Crippen MR) is 62.4 cm³/mol. The van der Waals surface area contributed by atoms with Crippen LogP contribution in [0.4, 0.5) is 8.78 Å². The average Bonchev–Trinajstić information content (AvgIpc) is 2.74. The van der Waals surface area contributed by atoms with Gasteiger partial charge in [-0.2, -0.15) is 0 Å². The Kier molecular flexibility index (Phi) is 2.69. The summed E-state index contributed by atoms with van der Waals surface area (Å²) in [5.74, 6) is -3.98. The van der Waals surface area contributed by atoms with Crippen molar-refractivity contribution in [2.45, 2.75) is 57.3 Å². The number of carbonyl (C=O) groups is 1. The van der Waals surface area contributed by atoms with E-state index in [0.717, 1.165) is 25.7 Å². The Morgan fingerprint density at radius 3 is 2.11 bits per heavy atom. The van der Waals surface area contributed by atoms with Crippen LogP contribution in [0.2, 0.25) is 0 Å². The molecule has 3 saturated carbocycles. The molecule has 0 radical (unpaired) electrons. The van der Waals surface area contributed by atoms with Gasteiger partial charge in [-0.1, -0.05) is 12.8 Å². The molecule has 1 unspecified atom stereocenters. The predicted octanol–water partition coefficient (Wildman–Crippen LogP) is 3.70. The normalized spacial score (nSPS) is 43.2. The monoisotopic (exact) mass is 258 g/mol. The molecule has 4 heteroatoms. The Balaban J connectivity index is 1.71. The van der Waals surface area contributed by atoms with Crippen LogP contribution in [0.15, 0.2) is 0 Å². The van der Waals surface area contributed by atoms with Crippen LogP contribution < -0.4 is 0 Å². The Morgan fingerprint density at radius 2 is 1.61 bits per heavy atom. The fourth-order valence-corrected chi connectivity index (χ4v) is 4.60. The van der Waals surface area contributed by atoms with Gasteiger partial charge in [0.25, 0.3) is 5.92 Å². The highest BCUT2D eigenvalue weighted by Crippen LogP contribution is 2.76. The summed E-state index contributed by atoms with van der Waals surface area (Å²) in [5, 5.41) is 8.95. The minimum atomic E-state index is -2.52. The minimum absolute atomic E-state index is 0.196. The molecule has 0 aromatic heterocycles. The molecule has 102 valence electrons. The Hall–Kier alpha value is -0.670. The van der Waals surface area contributed by atoms with E-state index in [-0.39, 0.29) is 5.92 Å². The van der Waals surface area contributed by atoms with Crippen molar-refractivity contribution >= 4 is 5.97 Å². The van der Waals surface area contributed by atoms with E-state index in [1.165, 1.54) is 0 Å². The van der Waals surface area contributed by atoms with Gasteiger partial charge in [0.1, 0.15) is 0 Å². The van der Waals surface area contributed by atoms with Crippen molar-refractivity contribution in [3.63, 3.8) is 0 Å². The van der Waals surface area contributed by atoms with Crippen molar-refractivity contribution < 1.29 is 18.7 Å². The molecule has 1 atom stereocenters. The van der Waals surface area contributed by atoms with Crippen LogP contribution in [0.1, 0.15) is 51.4 Å². The Labute approximate surface area is 106 Å². The average molecular weight is 258 g/mol. The van der Waals surface area contributed by atoms with Crippen LogP contribution in [0.3, 0.4) is 0 Å². The zero-order valence-electron chi connectivity index (χ0n) is 10.5. The summed E-state index contributed by atoms with van der Waals surface area (Å²) in [6.45, 7) is 0. The SMILES string of the molecule is O=C(O)C1CCC2(CC1)C(C1CCCC1)C2(F)F. The van der Waals surface area contributed by atoms with Crippen molar-refractivity contribution in [3.8, 4) is 0 Å². The van der Waals surface area contributed by atoms with Crippen LogP contribution in [-0.2, 0) is 4.79 Å². The molecule has 1 spiro atoms. The van der Waals surface area contributed by atoms with Crippen molar-refractivity contribution in [1.29, 1.82) is 0 Å². The number of alkyl halides is 2. The van der Waals surface area contributed by atoms with Gasteiger partial charge in [-0.25, -0.2) is 8.78 Å². The number of carboxylic acids is 1. The van der Waals surface area contributed by atoms with Crippen LogP contribution >= 0.6 is 0 Å². The molecule has 0 aliphatic heterocycles. The molecule has 0 heterocycles. The number of rotatable bonds is 2. The highest BCUT2D eigenvalue weighted by molar-refractivity contribution is 5.70. The molecule has 3 aliphatic rings.